The van der Waals surface area contributed by atoms with Gasteiger partial charge in [0.25, 0.3) is 0 Å². The smallest absolute Gasteiger partial charge is 0.238 e. The average molecular weight is 283 g/mol. The van der Waals surface area contributed by atoms with Gasteiger partial charge in [-0.05, 0) is 37.1 Å². The average Bonchev–Trinajstić information content (AvgIpc) is 3.11. The summed E-state index contributed by atoms with van der Waals surface area (Å²) in [6.07, 6.45) is 3.37. The Morgan fingerprint density at radius 3 is 2.32 bits per heavy atom. The fourth-order valence-corrected chi connectivity index (χ4v) is 2.13. The molecule has 0 aromatic heterocycles. The highest BCUT2D eigenvalue weighted by atomic mass is 32.2. The zero-order valence-corrected chi connectivity index (χ0v) is 11.5. The Morgan fingerprint density at radius 2 is 1.79 bits per heavy atom. The van der Waals surface area contributed by atoms with Gasteiger partial charge in [-0.2, -0.15) is 0 Å². The van der Waals surface area contributed by atoms with Crippen LogP contribution in [0.25, 0.3) is 0 Å². The predicted octanol–water partition coefficient (Wildman–Crippen LogP) is 0.749. The van der Waals surface area contributed by atoms with Crippen molar-refractivity contribution in [2.24, 2.45) is 0 Å². The third kappa shape index (κ3) is 5.27. The van der Waals surface area contributed by atoms with Crippen LogP contribution in [0.4, 0.5) is 11.4 Å². The van der Waals surface area contributed by atoms with E-state index in [-0.39, 0.29) is 5.91 Å². The van der Waals surface area contributed by atoms with E-state index in [1.54, 1.807) is 24.3 Å². The highest BCUT2D eigenvalue weighted by molar-refractivity contribution is 7.92. The summed E-state index contributed by atoms with van der Waals surface area (Å²) in [4.78, 5) is 11.6. The Balaban J connectivity index is 1.85. The van der Waals surface area contributed by atoms with Crippen LogP contribution in [-0.4, -0.2) is 33.2 Å². The molecule has 0 bridgehead atoms. The summed E-state index contributed by atoms with van der Waals surface area (Å²) >= 11 is 0. The van der Waals surface area contributed by atoms with E-state index in [4.69, 9.17) is 0 Å². The zero-order chi connectivity index (χ0) is 13.9. The monoisotopic (exact) mass is 283 g/mol. The number of nitrogens with one attached hydrogen (secondary N) is 3. The molecule has 1 amide bonds. The Morgan fingerprint density at radius 1 is 1.21 bits per heavy atom. The van der Waals surface area contributed by atoms with E-state index >= 15 is 0 Å². The Hall–Kier alpha value is -1.60. The Labute approximate surface area is 112 Å². The normalized spacial score (nSPS) is 15.0. The number of amides is 1. The molecule has 7 heteroatoms. The molecule has 104 valence electrons. The molecule has 0 aliphatic heterocycles. The molecule has 0 heterocycles. The van der Waals surface area contributed by atoms with Crippen molar-refractivity contribution in [2.45, 2.75) is 18.9 Å². The first-order valence-electron chi connectivity index (χ1n) is 6.03. The molecule has 2 rings (SSSR count). The molecule has 1 aromatic rings. The number of carbonyl (C=O) groups excluding carboxylic acids is 1. The van der Waals surface area contributed by atoms with E-state index in [0.29, 0.717) is 24.0 Å². The van der Waals surface area contributed by atoms with Gasteiger partial charge in [-0.3, -0.25) is 9.52 Å². The lowest BCUT2D eigenvalue weighted by Crippen LogP contribution is -2.29. The lowest BCUT2D eigenvalue weighted by atomic mass is 10.3. The van der Waals surface area contributed by atoms with E-state index < -0.39 is 10.0 Å². The number of rotatable bonds is 6. The number of carbonyl (C=O) groups is 1. The van der Waals surface area contributed by atoms with Crippen molar-refractivity contribution in [3.05, 3.63) is 24.3 Å². The van der Waals surface area contributed by atoms with Crippen LogP contribution in [0.2, 0.25) is 0 Å². The standard InChI is InChI=1S/C12H17N3O3S/c1-19(17,18)15-11-6-4-10(5-7-11)14-12(16)8-13-9-2-3-9/h4-7,9,13,15H,2-3,8H2,1H3,(H,14,16). The van der Waals surface area contributed by atoms with Gasteiger partial charge in [-0.15, -0.1) is 0 Å². The van der Waals surface area contributed by atoms with Crippen molar-refractivity contribution in [1.29, 1.82) is 0 Å². The quantitative estimate of drug-likeness (QED) is 0.719. The number of hydrogen-bond acceptors (Lipinski definition) is 4. The largest absolute Gasteiger partial charge is 0.325 e. The molecule has 1 fully saturated rings. The van der Waals surface area contributed by atoms with Gasteiger partial charge in [0, 0.05) is 17.4 Å². The first kappa shape index (κ1) is 13.8. The molecular formula is C12H17N3O3S. The molecule has 1 aliphatic rings. The lowest BCUT2D eigenvalue weighted by Gasteiger charge is -2.08. The summed E-state index contributed by atoms with van der Waals surface area (Å²) in [6.45, 7) is 0.300. The number of benzene rings is 1. The molecule has 0 atom stereocenters. The number of hydrogen-bond donors (Lipinski definition) is 3. The van der Waals surface area contributed by atoms with Crippen LogP contribution in [0.5, 0.6) is 0 Å². The van der Waals surface area contributed by atoms with Crippen LogP contribution in [0.15, 0.2) is 24.3 Å². The molecule has 6 nitrogen and oxygen atoms in total. The highest BCUT2D eigenvalue weighted by Gasteiger charge is 2.21. The maximum Gasteiger partial charge on any atom is 0.238 e. The van der Waals surface area contributed by atoms with Crippen LogP contribution in [0.3, 0.4) is 0 Å². The van der Waals surface area contributed by atoms with E-state index in [2.05, 4.69) is 15.4 Å². The highest BCUT2D eigenvalue weighted by Crippen LogP contribution is 2.18. The Kier molecular flexibility index (Phi) is 4.06. The van der Waals surface area contributed by atoms with Crippen molar-refractivity contribution in [3.8, 4) is 0 Å². The minimum Gasteiger partial charge on any atom is -0.325 e. The molecule has 0 saturated heterocycles. The third-order valence-electron chi connectivity index (χ3n) is 2.60. The van der Waals surface area contributed by atoms with Gasteiger partial charge in [-0.25, -0.2) is 8.42 Å². The molecule has 1 aromatic carbocycles. The van der Waals surface area contributed by atoms with E-state index in [1.807, 2.05) is 0 Å². The van der Waals surface area contributed by atoms with Crippen LogP contribution in [0.1, 0.15) is 12.8 Å². The molecule has 0 unspecified atom stereocenters. The maximum absolute atomic E-state index is 11.6. The second-order valence-corrected chi connectivity index (χ2v) is 6.40. The van der Waals surface area contributed by atoms with E-state index in [1.165, 1.54) is 0 Å². The van der Waals surface area contributed by atoms with Crippen molar-refractivity contribution in [1.82, 2.24) is 5.32 Å². The molecule has 0 radical (unpaired) electrons. The van der Waals surface area contributed by atoms with Gasteiger partial charge in [-0.1, -0.05) is 0 Å². The molecule has 1 saturated carbocycles. The Bertz CT molecular complexity index is 550. The van der Waals surface area contributed by atoms with Crippen molar-refractivity contribution < 1.29 is 13.2 Å². The second-order valence-electron chi connectivity index (χ2n) is 4.65. The van der Waals surface area contributed by atoms with Crippen molar-refractivity contribution >= 4 is 27.3 Å². The fraction of sp³-hybridized carbons (Fsp3) is 0.417. The van der Waals surface area contributed by atoms with Gasteiger partial charge < -0.3 is 10.6 Å². The van der Waals surface area contributed by atoms with Gasteiger partial charge in [0.1, 0.15) is 0 Å². The third-order valence-corrected chi connectivity index (χ3v) is 3.21. The first-order valence-corrected chi connectivity index (χ1v) is 7.92. The van der Waals surface area contributed by atoms with Gasteiger partial charge in [0.15, 0.2) is 0 Å². The SMILES string of the molecule is CS(=O)(=O)Nc1ccc(NC(=O)CNC2CC2)cc1. The van der Waals surface area contributed by atoms with Crippen LogP contribution in [0, 0.1) is 0 Å². The van der Waals surface area contributed by atoms with E-state index in [0.717, 1.165) is 19.1 Å². The molecule has 3 N–H and O–H groups in total. The van der Waals surface area contributed by atoms with E-state index in [9.17, 15) is 13.2 Å². The van der Waals surface area contributed by atoms with Crippen LogP contribution < -0.4 is 15.4 Å². The summed E-state index contributed by atoms with van der Waals surface area (Å²) in [5, 5.41) is 5.85. The second kappa shape index (κ2) is 5.58. The number of sulfonamides is 1. The summed E-state index contributed by atoms with van der Waals surface area (Å²) in [7, 11) is -3.27. The number of anilines is 2. The molecular weight excluding hydrogens is 266 g/mol. The van der Waals surface area contributed by atoms with Crippen LogP contribution >= 0.6 is 0 Å². The van der Waals surface area contributed by atoms with Crippen LogP contribution in [-0.2, 0) is 14.8 Å². The fourth-order valence-electron chi connectivity index (χ4n) is 1.57. The van der Waals surface area contributed by atoms with Crippen molar-refractivity contribution in [3.63, 3.8) is 0 Å². The summed E-state index contributed by atoms with van der Waals surface area (Å²) in [6, 6.07) is 7.01. The van der Waals surface area contributed by atoms with Gasteiger partial charge in [0.05, 0.1) is 12.8 Å². The summed E-state index contributed by atoms with van der Waals surface area (Å²) < 4.78 is 24.4. The maximum atomic E-state index is 11.6. The molecule has 1 aliphatic carbocycles. The zero-order valence-electron chi connectivity index (χ0n) is 10.6. The minimum absolute atomic E-state index is 0.101. The summed E-state index contributed by atoms with van der Waals surface area (Å²) in [5.74, 6) is -0.101. The molecule has 0 spiro atoms. The molecule has 19 heavy (non-hydrogen) atoms. The first-order chi connectivity index (χ1) is 8.92. The summed E-state index contributed by atoms with van der Waals surface area (Å²) in [5.41, 5.74) is 1.11. The minimum atomic E-state index is -3.27. The van der Waals surface area contributed by atoms with Gasteiger partial charge >= 0.3 is 0 Å². The van der Waals surface area contributed by atoms with Gasteiger partial charge in [0.2, 0.25) is 15.9 Å². The predicted molar refractivity (Wildman–Crippen MR) is 74.6 cm³/mol. The lowest BCUT2D eigenvalue weighted by molar-refractivity contribution is -0.115. The van der Waals surface area contributed by atoms with Crippen molar-refractivity contribution in [2.75, 3.05) is 22.8 Å². The topological polar surface area (TPSA) is 87.3 Å².